The number of halogens is 3. The zero-order chi connectivity index (χ0) is 20.2. The smallest absolute Gasteiger partial charge is 0.228 e. The van der Waals surface area contributed by atoms with Crippen LogP contribution in [0, 0.1) is 22.2 Å². The zero-order valence-corrected chi connectivity index (χ0v) is 16.7. The van der Waals surface area contributed by atoms with Crippen LogP contribution in [0.5, 0.6) is 0 Å². The Morgan fingerprint density at radius 1 is 1.25 bits per heavy atom. The average Bonchev–Trinajstić information content (AvgIpc) is 3.32. The molecule has 2 aliphatic rings. The standard InChI is InChI=1S/C20H22F3N3OS/c1-11-4-3-7-25(11)17(27)9-15-16-8-12(10-26(16)20(28)24(15)2)18-13(21)5-6-14(22)19(18)23/h5-6,11-12H,3-4,7-10H2,1-2H3/t11-,12-/m0/s1. The van der Waals surface area contributed by atoms with Crippen LogP contribution in [0.3, 0.4) is 0 Å². The largest absolute Gasteiger partial charge is 0.340 e. The first-order valence-electron chi connectivity index (χ1n) is 9.49. The van der Waals surface area contributed by atoms with Gasteiger partial charge in [-0.2, -0.15) is 0 Å². The number of rotatable bonds is 3. The first kappa shape index (κ1) is 19.2. The molecular weight excluding hydrogens is 387 g/mol. The second kappa shape index (κ2) is 7.06. The van der Waals surface area contributed by atoms with Crippen LogP contribution in [0.2, 0.25) is 0 Å². The van der Waals surface area contributed by atoms with E-state index in [-0.39, 0.29) is 30.5 Å². The minimum Gasteiger partial charge on any atom is -0.340 e. The van der Waals surface area contributed by atoms with Crippen molar-refractivity contribution in [1.82, 2.24) is 14.0 Å². The fraction of sp³-hybridized carbons (Fsp3) is 0.500. The Balaban J connectivity index is 1.65. The van der Waals surface area contributed by atoms with Gasteiger partial charge in [0, 0.05) is 49.0 Å². The number of amides is 1. The molecule has 0 aliphatic carbocycles. The van der Waals surface area contributed by atoms with Crippen LogP contribution in [0.4, 0.5) is 13.2 Å². The lowest BCUT2D eigenvalue weighted by Crippen LogP contribution is -2.35. The summed E-state index contributed by atoms with van der Waals surface area (Å²) in [6.07, 6.45) is 2.52. The van der Waals surface area contributed by atoms with Crippen molar-refractivity contribution in [2.24, 2.45) is 7.05 Å². The molecule has 8 heteroatoms. The summed E-state index contributed by atoms with van der Waals surface area (Å²) >= 11 is 5.49. The van der Waals surface area contributed by atoms with Crippen molar-refractivity contribution in [2.45, 2.75) is 51.1 Å². The molecule has 0 N–H and O–H groups in total. The van der Waals surface area contributed by atoms with Gasteiger partial charge in [0.05, 0.1) is 6.42 Å². The number of carbonyl (C=O) groups is 1. The van der Waals surface area contributed by atoms with E-state index in [1.54, 1.807) is 4.57 Å². The summed E-state index contributed by atoms with van der Waals surface area (Å²) in [6.45, 7) is 3.07. The lowest BCUT2D eigenvalue weighted by atomic mass is 9.95. The highest BCUT2D eigenvalue weighted by molar-refractivity contribution is 7.71. The van der Waals surface area contributed by atoms with Crippen LogP contribution in [0.25, 0.3) is 0 Å². The van der Waals surface area contributed by atoms with Crippen molar-refractivity contribution in [3.05, 3.63) is 51.3 Å². The quantitative estimate of drug-likeness (QED) is 0.569. The number of fused-ring (bicyclic) bond motifs is 1. The van der Waals surface area contributed by atoms with Gasteiger partial charge in [0.25, 0.3) is 0 Å². The summed E-state index contributed by atoms with van der Waals surface area (Å²) in [5.41, 5.74) is 1.33. The van der Waals surface area contributed by atoms with Crippen molar-refractivity contribution < 1.29 is 18.0 Å². The predicted octanol–water partition coefficient (Wildman–Crippen LogP) is 3.87. The van der Waals surface area contributed by atoms with Gasteiger partial charge >= 0.3 is 0 Å². The van der Waals surface area contributed by atoms with Crippen molar-refractivity contribution >= 4 is 18.1 Å². The summed E-state index contributed by atoms with van der Waals surface area (Å²) in [5, 5.41) is 0. The molecule has 4 rings (SSSR count). The van der Waals surface area contributed by atoms with Crippen LogP contribution >= 0.6 is 12.2 Å². The van der Waals surface area contributed by atoms with Crippen molar-refractivity contribution in [3.63, 3.8) is 0 Å². The van der Waals surface area contributed by atoms with Gasteiger partial charge in [0.2, 0.25) is 5.91 Å². The summed E-state index contributed by atoms with van der Waals surface area (Å²) in [5.74, 6) is -3.47. The second-order valence-corrected chi connectivity index (χ2v) is 8.12. The Kier molecular flexibility index (Phi) is 4.85. The molecular formula is C20H22F3N3OS. The van der Waals surface area contributed by atoms with Gasteiger partial charge in [-0.25, -0.2) is 13.2 Å². The van der Waals surface area contributed by atoms with Gasteiger partial charge in [0.1, 0.15) is 5.82 Å². The molecule has 4 nitrogen and oxygen atoms in total. The lowest BCUT2D eigenvalue weighted by molar-refractivity contribution is -0.131. The fourth-order valence-electron chi connectivity index (χ4n) is 4.58. The topological polar surface area (TPSA) is 30.2 Å². The maximum Gasteiger partial charge on any atom is 0.228 e. The average molecular weight is 409 g/mol. The maximum absolute atomic E-state index is 14.3. The number of carbonyl (C=O) groups excluding carboxylic acids is 1. The highest BCUT2D eigenvalue weighted by Crippen LogP contribution is 2.36. The predicted molar refractivity (Wildman–Crippen MR) is 101 cm³/mol. The van der Waals surface area contributed by atoms with E-state index in [9.17, 15) is 18.0 Å². The molecule has 150 valence electrons. The minimum absolute atomic E-state index is 0.0376. The van der Waals surface area contributed by atoms with Crippen molar-refractivity contribution in [3.8, 4) is 0 Å². The molecule has 1 aromatic carbocycles. The van der Waals surface area contributed by atoms with E-state index >= 15 is 0 Å². The molecule has 2 aromatic rings. The first-order chi connectivity index (χ1) is 13.3. The molecule has 28 heavy (non-hydrogen) atoms. The second-order valence-electron chi connectivity index (χ2n) is 7.76. The molecule has 0 unspecified atom stereocenters. The number of benzene rings is 1. The summed E-state index contributed by atoms with van der Waals surface area (Å²) in [7, 11) is 1.81. The molecule has 3 heterocycles. The van der Waals surface area contributed by atoms with Crippen LogP contribution in [-0.2, 0) is 31.2 Å². The van der Waals surface area contributed by atoms with E-state index in [2.05, 4.69) is 0 Å². The van der Waals surface area contributed by atoms with Gasteiger partial charge in [-0.05, 0) is 50.5 Å². The summed E-state index contributed by atoms with van der Waals surface area (Å²) in [6, 6.07) is 1.97. The van der Waals surface area contributed by atoms with Gasteiger partial charge < -0.3 is 14.0 Å². The number of hydrogen-bond acceptors (Lipinski definition) is 2. The summed E-state index contributed by atoms with van der Waals surface area (Å²) in [4.78, 5) is 14.7. The Bertz CT molecular complexity index is 1010. The van der Waals surface area contributed by atoms with E-state index < -0.39 is 23.4 Å². The number of aromatic nitrogens is 2. The molecule has 1 fully saturated rings. The zero-order valence-electron chi connectivity index (χ0n) is 15.8. The molecule has 2 atom stereocenters. The number of likely N-dealkylation sites (tertiary alicyclic amines) is 1. The molecule has 0 bridgehead atoms. The Morgan fingerprint density at radius 2 is 1.96 bits per heavy atom. The van der Waals surface area contributed by atoms with Crippen molar-refractivity contribution in [1.29, 1.82) is 0 Å². The third kappa shape index (κ3) is 2.98. The van der Waals surface area contributed by atoms with E-state index in [1.807, 2.05) is 23.4 Å². The van der Waals surface area contributed by atoms with Gasteiger partial charge in [-0.15, -0.1) is 0 Å². The van der Waals surface area contributed by atoms with Gasteiger partial charge in [0.15, 0.2) is 16.4 Å². The molecule has 0 spiro atoms. The van der Waals surface area contributed by atoms with Crippen LogP contribution in [-0.4, -0.2) is 32.5 Å². The SMILES string of the molecule is C[C@H]1CCCN1C(=O)Cc1c2n(c(=S)n1C)C[C@@H](c1c(F)ccc(F)c1F)C2. The van der Waals surface area contributed by atoms with Crippen LogP contribution in [0.15, 0.2) is 12.1 Å². The van der Waals surface area contributed by atoms with Gasteiger partial charge in [-0.3, -0.25) is 4.79 Å². The molecule has 0 saturated carbocycles. The molecule has 1 saturated heterocycles. The van der Waals surface area contributed by atoms with E-state index in [4.69, 9.17) is 12.2 Å². The fourth-order valence-corrected chi connectivity index (χ4v) is 4.87. The van der Waals surface area contributed by atoms with Gasteiger partial charge in [-0.1, -0.05) is 0 Å². The molecule has 2 aliphatic heterocycles. The molecule has 1 aromatic heterocycles. The number of hydrogen-bond donors (Lipinski definition) is 0. The van der Waals surface area contributed by atoms with Crippen molar-refractivity contribution in [2.75, 3.05) is 6.54 Å². The third-order valence-electron chi connectivity index (χ3n) is 6.10. The normalized spacial score (nSPS) is 21.4. The monoisotopic (exact) mass is 409 g/mol. The Labute approximate surface area is 166 Å². The van der Waals surface area contributed by atoms with Crippen LogP contribution in [0.1, 0.15) is 42.6 Å². The highest BCUT2D eigenvalue weighted by atomic mass is 32.1. The van der Waals surface area contributed by atoms with E-state index in [0.717, 1.165) is 42.9 Å². The number of imidazole rings is 1. The van der Waals surface area contributed by atoms with E-state index in [1.165, 1.54) is 0 Å². The van der Waals surface area contributed by atoms with Crippen LogP contribution < -0.4 is 0 Å². The van der Waals surface area contributed by atoms with E-state index in [0.29, 0.717) is 11.2 Å². The third-order valence-corrected chi connectivity index (χ3v) is 6.60. The molecule has 0 radical (unpaired) electrons. The lowest BCUT2D eigenvalue weighted by Gasteiger charge is -2.21. The number of nitrogens with zero attached hydrogens (tertiary/aromatic N) is 3. The Hall–Kier alpha value is -2.09. The summed E-state index contributed by atoms with van der Waals surface area (Å²) < 4.78 is 46.3. The highest BCUT2D eigenvalue weighted by Gasteiger charge is 2.34. The maximum atomic E-state index is 14.3. The minimum atomic E-state index is -1.14. The first-order valence-corrected chi connectivity index (χ1v) is 9.90. The molecule has 1 amide bonds. The Morgan fingerprint density at radius 3 is 2.64 bits per heavy atom.